The van der Waals surface area contributed by atoms with E-state index in [0.29, 0.717) is 19.7 Å². The van der Waals surface area contributed by atoms with E-state index < -0.39 is 5.60 Å². The number of ether oxygens (including phenoxy) is 1. The number of hydrogen-bond donors (Lipinski definition) is 2. The van der Waals surface area contributed by atoms with Gasteiger partial charge < -0.3 is 19.8 Å². The summed E-state index contributed by atoms with van der Waals surface area (Å²) in [7, 11) is 0. The molecule has 1 heterocycles. The number of rotatable bonds is 2. The molecule has 0 bridgehead atoms. The number of nitrogens with zero attached hydrogens (tertiary/aromatic N) is 1. The van der Waals surface area contributed by atoms with E-state index in [2.05, 4.69) is 0 Å². The van der Waals surface area contributed by atoms with Crippen LogP contribution >= 0.6 is 0 Å². The van der Waals surface area contributed by atoms with E-state index in [1.807, 2.05) is 0 Å². The molecule has 0 aromatic carbocycles. The van der Waals surface area contributed by atoms with Gasteiger partial charge in [-0.05, 0) is 13.8 Å². The monoisotopic (exact) mass is 203 g/mol. The van der Waals surface area contributed by atoms with Crippen molar-refractivity contribution >= 4 is 5.91 Å². The zero-order valence-electron chi connectivity index (χ0n) is 8.56. The maximum absolute atomic E-state index is 11.6. The highest BCUT2D eigenvalue weighted by molar-refractivity contribution is 5.84. The quantitative estimate of drug-likeness (QED) is 0.602. The van der Waals surface area contributed by atoms with Gasteiger partial charge >= 0.3 is 0 Å². The Hall–Kier alpha value is -0.650. The largest absolute Gasteiger partial charge is 0.394 e. The average molecular weight is 203 g/mol. The maximum atomic E-state index is 11.6. The van der Waals surface area contributed by atoms with E-state index >= 15 is 0 Å². The fourth-order valence-electron chi connectivity index (χ4n) is 1.40. The highest BCUT2D eigenvalue weighted by atomic mass is 16.5. The molecule has 14 heavy (non-hydrogen) atoms. The minimum absolute atomic E-state index is 0.102. The SMILES string of the molecule is CC(C)(O)C(=O)N1CCOC(CO)C1. The van der Waals surface area contributed by atoms with E-state index in [4.69, 9.17) is 9.84 Å². The third kappa shape index (κ3) is 2.67. The lowest BCUT2D eigenvalue weighted by atomic mass is 10.1. The Morgan fingerprint density at radius 2 is 2.29 bits per heavy atom. The number of aliphatic hydroxyl groups excluding tert-OH is 1. The zero-order valence-corrected chi connectivity index (χ0v) is 8.56. The topological polar surface area (TPSA) is 70.0 Å². The minimum atomic E-state index is -1.35. The third-order valence-electron chi connectivity index (χ3n) is 2.15. The van der Waals surface area contributed by atoms with Gasteiger partial charge in [0.2, 0.25) is 0 Å². The summed E-state index contributed by atoms with van der Waals surface area (Å²) in [6.07, 6.45) is -0.324. The van der Waals surface area contributed by atoms with Crippen LogP contribution in [0, 0.1) is 0 Å². The molecule has 0 spiro atoms. The van der Waals surface area contributed by atoms with Crippen molar-refractivity contribution in [1.82, 2.24) is 4.90 Å². The number of aliphatic hydroxyl groups is 2. The molecule has 0 aliphatic carbocycles. The molecule has 1 saturated heterocycles. The van der Waals surface area contributed by atoms with Crippen LogP contribution in [0.4, 0.5) is 0 Å². The number of amides is 1. The molecule has 0 aromatic rings. The first-order valence-corrected chi connectivity index (χ1v) is 4.69. The van der Waals surface area contributed by atoms with Crippen molar-refractivity contribution in [3.05, 3.63) is 0 Å². The van der Waals surface area contributed by atoms with Gasteiger partial charge in [-0.2, -0.15) is 0 Å². The van der Waals surface area contributed by atoms with E-state index in [-0.39, 0.29) is 18.6 Å². The smallest absolute Gasteiger partial charge is 0.254 e. The Balaban J connectivity index is 2.56. The van der Waals surface area contributed by atoms with Crippen LogP contribution in [0.25, 0.3) is 0 Å². The molecule has 0 radical (unpaired) electrons. The van der Waals surface area contributed by atoms with Crippen molar-refractivity contribution in [1.29, 1.82) is 0 Å². The van der Waals surface area contributed by atoms with Gasteiger partial charge in [0.25, 0.3) is 5.91 Å². The van der Waals surface area contributed by atoms with Gasteiger partial charge in [0.05, 0.1) is 19.3 Å². The molecule has 1 aliphatic rings. The Morgan fingerprint density at radius 3 is 2.79 bits per heavy atom. The van der Waals surface area contributed by atoms with Gasteiger partial charge in [-0.25, -0.2) is 0 Å². The predicted molar refractivity (Wildman–Crippen MR) is 49.7 cm³/mol. The summed E-state index contributed by atoms with van der Waals surface area (Å²) >= 11 is 0. The normalized spacial score (nSPS) is 23.7. The van der Waals surface area contributed by atoms with Crippen molar-refractivity contribution in [3.8, 4) is 0 Å². The van der Waals surface area contributed by atoms with Gasteiger partial charge in [-0.3, -0.25) is 4.79 Å². The first kappa shape index (κ1) is 11.4. The average Bonchev–Trinajstić information content (AvgIpc) is 2.15. The van der Waals surface area contributed by atoms with Crippen LogP contribution in [0.2, 0.25) is 0 Å². The molecule has 0 aromatic heterocycles. The number of hydrogen-bond acceptors (Lipinski definition) is 4. The van der Waals surface area contributed by atoms with Crippen molar-refractivity contribution in [3.63, 3.8) is 0 Å². The van der Waals surface area contributed by atoms with Crippen molar-refractivity contribution in [2.75, 3.05) is 26.3 Å². The molecular weight excluding hydrogens is 186 g/mol. The summed E-state index contributed by atoms with van der Waals surface area (Å²) in [6.45, 7) is 4.04. The summed E-state index contributed by atoms with van der Waals surface area (Å²) in [5, 5.41) is 18.4. The van der Waals surface area contributed by atoms with Crippen molar-refractivity contribution in [2.24, 2.45) is 0 Å². The van der Waals surface area contributed by atoms with E-state index in [0.717, 1.165) is 0 Å². The van der Waals surface area contributed by atoms with E-state index in [1.54, 1.807) is 0 Å². The number of morpholine rings is 1. The van der Waals surface area contributed by atoms with Crippen molar-refractivity contribution < 1.29 is 19.7 Å². The first-order chi connectivity index (χ1) is 6.45. The molecule has 82 valence electrons. The molecule has 1 amide bonds. The molecule has 2 N–H and O–H groups in total. The van der Waals surface area contributed by atoms with Crippen LogP contribution in [0.3, 0.4) is 0 Å². The van der Waals surface area contributed by atoms with E-state index in [1.165, 1.54) is 18.7 Å². The summed E-state index contributed by atoms with van der Waals surface area (Å²) in [5.74, 6) is -0.320. The second-order valence-corrected chi connectivity index (χ2v) is 3.99. The third-order valence-corrected chi connectivity index (χ3v) is 2.15. The predicted octanol–water partition coefficient (Wildman–Crippen LogP) is -1.02. The molecule has 1 rings (SSSR count). The number of carbonyl (C=O) groups excluding carboxylic acids is 1. The summed E-state index contributed by atoms with van der Waals surface area (Å²) in [5.41, 5.74) is -1.35. The summed E-state index contributed by atoms with van der Waals surface area (Å²) in [6, 6.07) is 0. The summed E-state index contributed by atoms with van der Waals surface area (Å²) < 4.78 is 5.19. The van der Waals surface area contributed by atoms with Crippen LogP contribution in [0.5, 0.6) is 0 Å². The second-order valence-electron chi connectivity index (χ2n) is 3.99. The van der Waals surface area contributed by atoms with Crippen molar-refractivity contribution in [2.45, 2.75) is 25.6 Å². The van der Waals surface area contributed by atoms with Gasteiger partial charge in [0.1, 0.15) is 5.60 Å². The van der Waals surface area contributed by atoms with Gasteiger partial charge in [-0.15, -0.1) is 0 Å². The van der Waals surface area contributed by atoms with Gasteiger partial charge in [-0.1, -0.05) is 0 Å². The fraction of sp³-hybridized carbons (Fsp3) is 0.889. The first-order valence-electron chi connectivity index (χ1n) is 4.69. The Kier molecular flexibility index (Phi) is 3.47. The highest BCUT2D eigenvalue weighted by Gasteiger charge is 2.32. The van der Waals surface area contributed by atoms with E-state index in [9.17, 15) is 9.90 Å². The van der Waals surface area contributed by atoms with Crippen LogP contribution in [-0.4, -0.2) is 59.0 Å². The molecule has 1 unspecified atom stereocenters. The Bertz CT molecular complexity index is 211. The fourth-order valence-corrected chi connectivity index (χ4v) is 1.40. The van der Waals surface area contributed by atoms with Gasteiger partial charge in [0.15, 0.2) is 0 Å². The van der Waals surface area contributed by atoms with Crippen LogP contribution in [0.1, 0.15) is 13.8 Å². The molecule has 1 aliphatic heterocycles. The molecule has 1 atom stereocenters. The standard InChI is InChI=1S/C9H17NO4/c1-9(2,13)8(12)10-3-4-14-7(5-10)6-11/h7,11,13H,3-6H2,1-2H3. The lowest BCUT2D eigenvalue weighted by Gasteiger charge is -2.35. The molecule has 5 heteroatoms. The van der Waals surface area contributed by atoms with Crippen LogP contribution in [-0.2, 0) is 9.53 Å². The zero-order chi connectivity index (χ0) is 10.8. The maximum Gasteiger partial charge on any atom is 0.254 e. The number of carbonyl (C=O) groups is 1. The molecule has 5 nitrogen and oxygen atoms in total. The minimum Gasteiger partial charge on any atom is -0.394 e. The lowest BCUT2D eigenvalue weighted by Crippen LogP contribution is -2.53. The molecule has 1 fully saturated rings. The highest BCUT2D eigenvalue weighted by Crippen LogP contribution is 2.11. The molecule has 0 saturated carbocycles. The lowest BCUT2D eigenvalue weighted by molar-refractivity contribution is -0.156. The Labute approximate surface area is 83.3 Å². The second kappa shape index (κ2) is 4.25. The van der Waals surface area contributed by atoms with Crippen LogP contribution in [0.15, 0.2) is 0 Å². The Morgan fingerprint density at radius 1 is 1.64 bits per heavy atom. The van der Waals surface area contributed by atoms with Crippen LogP contribution < -0.4 is 0 Å². The van der Waals surface area contributed by atoms with Gasteiger partial charge in [0, 0.05) is 13.1 Å². The molecular formula is C9H17NO4. The summed E-state index contributed by atoms with van der Waals surface area (Å²) in [4.78, 5) is 13.1.